The zero-order chi connectivity index (χ0) is 22.7. The molecule has 0 spiro atoms. The van der Waals surface area contributed by atoms with Crippen molar-refractivity contribution < 1.29 is 23.0 Å². The Kier molecular flexibility index (Phi) is 7.13. The van der Waals surface area contributed by atoms with E-state index in [2.05, 4.69) is 15.8 Å². The highest BCUT2D eigenvalue weighted by molar-refractivity contribution is 5.55. The van der Waals surface area contributed by atoms with Crippen LogP contribution in [0.5, 0.6) is 17.2 Å². The zero-order valence-corrected chi connectivity index (χ0v) is 18.8. The van der Waals surface area contributed by atoms with Crippen LogP contribution in [-0.2, 0) is 6.54 Å². The molecule has 0 bridgehead atoms. The molecule has 0 aromatic heterocycles. The minimum atomic E-state index is -0.547. The molecular weight excluding hydrogens is 416 g/mol. The van der Waals surface area contributed by atoms with Crippen LogP contribution in [0.15, 0.2) is 30.3 Å². The van der Waals surface area contributed by atoms with Gasteiger partial charge in [-0.3, -0.25) is 15.8 Å². The van der Waals surface area contributed by atoms with Crippen LogP contribution in [0.1, 0.15) is 29.9 Å². The number of benzene rings is 2. The molecule has 8 heteroatoms. The standard InChI is InChI=1S/C24H31F2N3O3/c1-30-21-9-6-16(23(31-2)24(21)32-3)14-29-10-4-5-15(13-29)22-19(12-27-28-22)18-8-7-17(25)11-20(18)26/h6-9,11,15,19,22,27-28H,4-5,10,12-14H2,1-3H3. The molecule has 2 saturated heterocycles. The van der Waals surface area contributed by atoms with Crippen molar-refractivity contribution >= 4 is 0 Å². The van der Waals surface area contributed by atoms with Gasteiger partial charge in [-0.2, -0.15) is 0 Å². The highest BCUT2D eigenvalue weighted by Crippen LogP contribution is 2.41. The molecule has 2 aromatic carbocycles. The largest absolute Gasteiger partial charge is 0.493 e. The molecule has 174 valence electrons. The highest BCUT2D eigenvalue weighted by atomic mass is 19.1. The fourth-order valence-corrected chi connectivity index (χ4v) is 5.12. The number of hydrazine groups is 1. The summed E-state index contributed by atoms with van der Waals surface area (Å²) in [4.78, 5) is 2.40. The van der Waals surface area contributed by atoms with Crippen LogP contribution in [0.25, 0.3) is 0 Å². The van der Waals surface area contributed by atoms with Crippen molar-refractivity contribution in [2.75, 3.05) is 41.0 Å². The Morgan fingerprint density at radius 2 is 1.84 bits per heavy atom. The number of nitrogens with zero attached hydrogens (tertiary/aromatic N) is 1. The second-order valence-corrected chi connectivity index (χ2v) is 8.45. The molecule has 32 heavy (non-hydrogen) atoms. The van der Waals surface area contributed by atoms with E-state index in [1.54, 1.807) is 27.4 Å². The molecular formula is C24H31F2N3O3. The summed E-state index contributed by atoms with van der Waals surface area (Å²) >= 11 is 0. The number of piperidine rings is 1. The predicted molar refractivity (Wildman–Crippen MR) is 118 cm³/mol. The molecule has 2 heterocycles. The number of likely N-dealkylation sites (tertiary alicyclic amines) is 1. The Morgan fingerprint density at radius 1 is 1.03 bits per heavy atom. The van der Waals surface area contributed by atoms with E-state index < -0.39 is 11.6 Å². The quantitative estimate of drug-likeness (QED) is 0.678. The summed E-state index contributed by atoms with van der Waals surface area (Å²) in [7, 11) is 4.85. The maximum Gasteiger partial charge on any atom is 0.203 e. The molecule has 2 fully saturated rings. The Labute approximate surface area is 187 Å². The number of rotatable bonds is 7. The van der Waals surface area contributed by atoms with Gasteiger partial charge in [0.1, 0.15) is 11.6 Å². The summed E-state index contributed by atoms with van der Waals surface area (Å²) in [6.07, 6.45) is 2.11. The molecule has 0 aliphatic carbocycles. The van der Waals surface area contributed by atoms with Crippen molar-refractivity contribution in [3.8, 4) is 17.2 Å². The van der Waals surface area contributed by atoms with Crippen LogP contribution in [0.4, 0.5) is 8.78 Å². The van der Waals surface area contributed by atoms with Crippen molar-refractivity contribution in [1.29, 1.82) is 0 Å². The van der Waals surface area contributed by atoms with E-state index in [9.17, 15) is 8.78 Å². The van der Waals surface area contributed by atoms with Gasteiger partial charge in [0.05, 0.1) is 21.3 Å². The topological polar surface area (TPSA) is 55.0 Å². The van der Waals surface area contributed by atoms with E-state index in [0.29, 0.717) is 35.3 Å². The maximum absolute atomic E-state index is 14.5. The molecule has 2 aromatic rings. The summed E-state index contributed by atoms with van der Waals surface area (Å²) in [5, 5.41) is 0. The first-order chi connectivity index (χ1) is 15.5. The monoisotopic (exact) mass is 447 g/mol. The van der Waals surface area contributed by atoms with Gasteiger partial charge in [0, 0.05) is 43.2 Å². The van der Waals surface area contributed by atoms with Crippen molar-refractivity contribution in [2.24, 2.45) is 5.92 Å². The first kappa shape index (κ1) is 22.8. The van der Waals surface area contributed by atoms with Gasteiger partial charge in [0.2, 0.25) is 5.75 Å². The normalized spacial score (nSPS) is 23.8. The fraction of sp³-hybridized carbons (Fsp3) is 0.500. The van der Waals surface area contributed by atoms with Crippen LogP contribution in [-0.4, -0.2) is 51.9 Å². The van der Waals surface area contributed by atoms with Crippen molar-refractivity contribution in [3.63, 3.8) is 0 Å². The van der Waals surface area contributed by atoms with E-state index in [4.69, 9.17) is 14.2 Å². The van der Waals surface area contributed by atoms with Gasteiger partial charge in [-0.25, -0.2) is 8.78 Å². The molecule has 2 aliphatic heterocycles. The van der Waals surface area contributed by atoms with E-state index in [-0.39, 0.29) is 12.0 Å². The van der Waals surface area contributed by atoms with Gasteiger partial charge in [0.15, 0.2) is 11.5 Å². The molecule has 2 N–H and O–H groups in total. The lowest BCUT2D eigenvalue weighted by molar-refractivity contribution is 0.138. The third-order valence-electron chi connectivity index (χ3n) is 6.62. The fourth-order valence-electron chi connectivity index (χ4n) is 5.12. The second-order valence-electron chi connectivity index (χ2n) is 8.45. The average Bonchev–Trinajstić information content (AvgIpc) is 3.28. The van der Waals surface area contributed by atoms with Crippen LogP contribution in [0.3, 0.4) is 0 Å². The minimum absolute atomic E-state index is 0.0452. The summed E-state index contributed by atoms with van der Waals surface area (Å²) in [5.74, 6) is 1.17. The summed E-state index contributed by atoms with van der Waals surface area (Å²) < 4.78 is 44.4. The molecule has 3 atom stereocenters. The number of methoxy groups -OCH3 is 3. The molecule has 0 amide bonds. The maximum atomic E-state index is 14.5. The number of ether oxygens (including phenoxy) is 3. The van der Waals surface area contributed by atoms with Gasteiger partial charge in [-0.15, -0.1) is 0 Å². The number of hydrogen-bond donors (Lipinski definition) is 2. The predicted octanol–water partition coefficient (Wildman–Crippen LogP) is 3.46. The summed E-state index contributed by atoms with van der Waals surface area (Å²) in [6.45, 7) is 3.18. The molecule has 6 nitrogen and oxygen atoms in total. The third-order valence-corrected chi connectivity index (χ3v) is 6.62. The van der Waals surface area contributed by atoms with Crippen LogP contribution >= 0.6 is 0 Å². The van der Waals surface area contributed by atoms with Crippen LogP contribution < -0.4 is 25.1 Å². The van der Waals surface area contributed by atoms with Crippen molar-refractivity contribution in [1.82, 2.24) is 15.8 Å². The number of halogens is 2. The lowest BCUT2D eigenvalue weighted by Gasteiger charge is -2.37. The summed E-state index contributed by atoms with van der Waals surface area (Å²) in [5.41, 5.74) is 8.14. The Morgan fingerprint density at radius 3 is 2.56 bits per heavy atom. The molecule has 0 radical (unpaired) electrons. The van der Waals surface area contributed by atoms with Gasteiger partial charge >= 0.3 is 0 Å². The van der Waals surface area contributed by atoms with Crippen molar-refractivity contribution in [2.45, 2.75) is 31.3 Å². The van der Waals surface area contributed by atoms with E-state index >= 15 is 0 Å². The van der Waals surface area contributed by atoms with Crippen LogP contribution in [0.2, 0.25) is 0 Å². The van der Waals surface area contributed by atoms with Gasteiger partial charge < -0.3 is 14.2 Å². The van der Waals surface area contributed by atoms with E-state index in [1.165, 1.54) is 6.07 Å². The SMILES string of the molecule is COc1ccc(CN2CCCC(C3NNCC3c3ccc(F)cc3F)C2)c(OC)c1OC. The third kappa shape index (κ3) is 4.53. The first-order valence-corrected chi connectivity index (χ1v) is 11.0. The van der Waals surface area contributed by atoms with Crippen LogP contribution in [0, 0.1) is 17.6 Å². The van der Waals surface area contributed by atoms with Gasteiger partial charge in [-0.05, 0) is 43.0 Å². The lowest BCUT2D eigenvalue weighted by atomic mass is 9.81. The molecule has 3 unspecified atom stereocenters. The number of hydrogen-bond acceptors (Lipinski definition) is 6. The van der Waals surface area contributed by atoms with Gasteiger partial charge in [-0.1, -0.05) is 12.1 Å². The lowest BCUT2D eigenvalue weighted by Crippen LogP contribution is -2.46. The van der Waals surface area contributed by atoms with Gasteiger partial charge in [0.25, 0.3) is 0 Å². The summed E-state index contributed by atoms with van der Waals surface area (Å²) in [6, 6.07) is 7.87. The minimum Gasteiger partial charge on any atom is -0.493 e. The Hall–Kier alpha value is -2.42. The molecule has 4 rings (SSSR count). The zero-order valence-electron chi connectivity index (χ0n) is 18.8. The Balaban J connectivity index is 1.50. The number of nitrogens with one attached hydrogen (secondary N) is 2. The average molecular weight is 448 g/mol. The molecule has 2 aliphatic rings. The smallest absolute Gasteiger partial charge is 0.203 e. The first-order valence-electron chi connectivity index (χ1n) is 11.0. The molecule has 0 saturated carbocycles. The van der Waals surface area contributed by atoms with E-state index in [0.717, 1.165) is 44.1 Å². The Bertz CT molecular complexity index is 943. The van der Waals surface area contributed by atoms with E-state index in [1.807, 2.05) is 12.1 Å². The van der Waals surface area contributed by atoms with Crippen molar-refractivity contribution in [3.05, 3.63) is 53.1 Å². The second kappa shape index (κ2) is 10.0. The highest BCUT2D eigenvalue weighted by Gasteiger charge is 2.38.